The van der Waals surface area contributed by atoms with Crippen molar-refractivity contribution in [3.63, 3.8) is 0 Å². The van der Waals surface area contributed by atoms with Gasteiger partial charge in [-0.3, -0.25) is 4.79 Å². The number of hydrogen-bond acceptors (Lipinski definition) is 6. The molecular formula is C19H31N5O4S. The zero-order chi connectivity index (χ0) is 20.6. The topological polar surface area (TPSA) is 108 Å². The zero-order valence-corrected chi connectivity index (χ0v) is 18.0. The van der Waals surface area contributed by atoms with E-state index in [1.165, 1.54) is 0 Å². The minimum Gasteiger partial charge on any atom is -0.360 e. The molecule has 2 aliphatic heterocycles. The molecule has 2 saturated heterocycles. The van der Waals surface area contributed by atoms with Gasteiger partial charge in [0.1, 0.15) is 5.76 Å². The Kier molecular flexibility index (Phi) is 5.97. The van der Waals surface area contributed by atoms with Crippen LogP contribution < -0.4 is 10.6 Å². The molecule has 3 aliphatic rings. The van der Waals surface area contributed by atoms with Crippen LogP contribution in [0.15, 0.2) is 10.6 Å². The van der Waals surface area contributed by atoms with Crippen molar-refractivity contribution in [2.45, 2.75) is 69.5 Å². The van der Waals surface area contributed by atoms with Gasteiger partial charge in [-0.15, -0.1) is 0 Å². The highest BCUT2D eigenvalue weighted by atomic mass is 32.2. The molecule has 4 rings (SSSR count). The fourth-order valence-electron chi connectivity index (χ4n) is 4.36. The predicted octanol–water partition coefficient (Wildman–Crippen LogP) is 1.06. The van der Waals surface area contributed by atoms with Crippen molar-refractivity contribution in [2.75, 3.05) is 26.7 Å². The molecule has 162 valence electrons. The van der Waals surface area contributed by atoms with Crippen molar-refractivity contribution >= 4 is 16.1 Å². The van der Waals surface area contributed by atoms with Crippen molar-refractivity contribution in [1.82, 2.24) is 24.4 Å². The van der Waals surface area contributed by atoms with Gasteiger partial charge < -0.3 is 15.2 Å². The van der Waals surface area contributed by atoms with E-state index in [9.17, 15) is 13.2 Å². The first-order valence-electron chi connectivity index (χ1n) is 10.6. The molecular weight excluding hydrogens is 394 g/mol. The molecule has 0 aromatic carbocycles. The first-order valence-corrected chi connectivity index (χ1v) is 12.0. The third kappa shape index (κ3) is 4.50. The second kappa shape index (κ2) is 8.33. The van der Waals surface area contributed by atoms with Crippen LogP contribution in [0.4, 0.5) is 0 Å². The lowest BCUT2D eigenvalue weighted by atomic mass is 10.0. The van der Waals surface area contributed by atoms with Crippen LogP contribution in [0.5, 0.6) is 0 Å². The number of nitrogens with zero attached hydrogens (tertiary/aromatic N) is 3. The summed E-state index contributed by atoms with van der Waals surface area (Å²) in [6.45, 7) is 3.42. The molecule has 1 aromatic rings. The highest BCUT2D eigenvalue weighted by Gasteiger charge is 2.39. The van der Waals surface area contributed by atoms with Crippen molar-refractivity contribution in [2.24, 2.45) is 0 Å². The summed E-state index contributed by atoms with van der Waals surface area (Å²) in [7, 11) is -1.55. The van der Waals surface area contributed by atoms with E-state index in [4.69, 9.17) is 4.52 Å². The van der Waals surface area contributed by atoms with Crippen LogP contribution in [0.1, 0.15) is 67.6 Å². The minimum absolute atomic E-state index is 0.0694. The zero-order valence-electron chi connectivity index (χ0n) is 17.1. The molecule has 1 aromatic heterocycles. The Labute approximate surface area is 172 Å². The standard InChI is InChI=1S/C19H31N5O4S/c1-13-11-16(21-19(25)17-12-18(28-22-17)14-3-4-14)7-10-24(13)29(26,27)23-8-5-15(20-2)6-9-23/h12-16,20H,3-11H2,1-2H3,(H,21,25)/t13-,16-/m0/s1. The van der Waals surface area contributed by atoms with E-state index in [-0.39, 0.29) is 18.0 Å². The molecule has 2 N–H and O–H groups in total. The van der Waals surface area contributed by atoms with Crippen LogP contribution in [-0.2, 0) is 10.2 Å². The molecule has 1 saturated carbocycles. The van der Waals surface area contributed by atoms with E-state index in [0.29, 0.717) is 50.1 Å². The SMILES string of the molecule is CNC1CCN(S(=O)(=O)N2CC[C@H](NC(=O)c3cc(C4CC4)on3)C[C@@H]2C)CC1. The molecule has 2 atom stereocenters. The van der Waals surface area contributed by atoms with Gasteiger partial charge in [0.2, 0.25) is 0 Å². The molecule has 0 unspecified atom stereocenters. The Morgan fingerprint density at radius 2 is 1.83 bits per heavy atom. The maximum Gasteiger partial charge on any atom is 0.282 e. The fraction of sp³-hybridized carbons (Fsp3) is 0.789. The summed E-state index contributed by atoms with van der Waals surface area (Å²) in [5, 5.41) is 10.1. The summed E-state index contributed by atoms with van der Waals surface area (Å²) in [6, 6.07) is 1.88. The van der Waals surface area contributed by atoms with Crippen molar-refractivity contribution < 1.29 is 17.7 Å². The third-order valence-corrected chi connectivity index (χ3v) is 8.53. The maximum atomic E-state index is 13.1. The Bertz CT molecular complexity index is 829. The quantitative estimate of drug-likeness (QED) is 0.706. The molecule has 1 aliphatic carbocycles. The summed E-state index contributed by atoms with van der Waals surface area (Å²) in [6.07, 6.45) is 5.02. The van der Waals surface area contributed by atoms with Crippen LogP contribution in [0.25, 0.3) is 0 Å². The summed E-state index contributed by atoms with van der Waals surface area (Å²) in [5.41, 5.74) is 0.307. The van der Waals surface area contributed by atoms with Crippen molar-refractivity contribution in [3.05, 3.63) is 17.5 Å². The minimum atomic E-state index is -3.47. The second-order valence-corrected chi connectivity index (χ2v) is 10.4. The van der Waals surface area contributed by atoms with Crippen LogP contribution in [0.2, 0.25) is 0 Å². The van der Waals surface area contributed by atoms with Crippen LogP contribution in [0, 0.1) is 0 Å². The smallest absolute Gasteiger partial charge is 0.282 e. The molecule has 0 spiro atoms. The number of amides is 1. The predicted molar refractivity (Wildman–Crippen MR) is 108 cm³/mol. The normalized spacial score (nSPS) is 27.8. The van der Waals surface area contributed by atoms with E-state index < -0.39 is 10.2 Å². The number of carbonyl (C=O) groups excluding carboxylic acids is 1. The Morgan fingerprint density at radius 3 is 2.45 bits per heavy atom. The van der Waals surface area contributed by atoms with E-state index >= 15 is 0 Å². The van der Waals surface area contributed by atoms with E-state index in [2.05, 4.69) is 15.8 Å². The van der Waals surface area contributed by atoms with E-state index in [1.807, 2.05) is 14.0 Å². The number of nitrogens with one attached hydrogen (secondary N) is 2. The maximum absolute atomic E-state index is 13.1. The lowest BCUT2D eigenvalue weighted by molar-refractivity contribution is 0.0903. The number of rotatable bonds is 6. The number of carbonyl (C=O) groups is 1. The third-order valence-electron chi connectivity index (χ3n) is 6.38. The molecule has 9 nitrogen and oxygen atoms in total. The monoisotopic (exact) mass is 425 g/mol. The highest BCUT2D eigenvalue weighted by Crippen LogP contribution is 2.40. The van der Waals surface area contributed by atoms with E-state index in [0.717, 1.165) is 31.4 Å². The van der Waals surface area contributed by atoms with Crippen molar-refractivity contribution in [3.8, 4) is 0 Å². The van der Waals surface area contributed by atoms with Crippen LogP contribution in [0.3, 0.4) is 0 Å². The molecule has 3 heterocycles. The Hall–Kier alpha value is -1.49. The second-order valence-electron chi connectivity index (χ2n) is 8.51. The van der Waals surface area contributed by atoms with Gasteiger partial charge in [-0.2, -0.15) is 17.0 Å². The van der Waals surface area contributed by atoms with Gasteiger partial charge in [0.25, 0.3) is 16.1 Å². The van der Waals surface area contributed by atoms with Gasteiger partial charge in [-0.05, 0) is 52.5 Å². The van der Waals surface area contributed by atoms with Crippen LogP contribution in [-0.4, -0.2) is 72.9 Å². The first kappa shape index (κ1) is 20.8. The lowest BCUT2D eigenvalue weighted by Crippen LogP contribution is -2.56. The average Bonchev–Trinajstić information content (AvgIpc) is 3.44. The number of aromatic nitrogens is 1. The molecule has 29 heavy (non-hydrogen) atoms. The molecule has 3 fully saturated rings. The fourth-order valence-corrected chi connectivity index (χ4v) is 6.21. The Morgan fingerprint density at radius 1 is 1.14 bits per heavy atom. The summed E-state index contributed by atoms with van der Waals surface area (Å²) in [5.74, 6) is 0.950. The average molecular weight is 426 g/mol. The molecule has 0 bridgehead atoms. The lowest BCUT2D eigenvalue weighted by Gasteiger charge is -2.41. The molecule has 10 heteroatoms. The van der Waals surface area contributed by atoms with Gasteiger partial charge in [0.15, 0.2) is 5.69 Å². The number of piperidine rings is 2. The molecule has 1 amide bonds. The first-order chi connectivity index (χ1) is 13.9. The summed E-state index contributed by atoms with van der Waals surface area (Å²) in [4.78, 5) is 12.5. The highest BCUT2D eigenvalue weighted by molar-refractivity contribution is 7.86. The summed E-state index contributed by atoms with van der Waals surface area (Å²) < 4.78 is 34.6. The van der Waals surface area contributed by atoms with Crippen LogP contribution >= 0.6 is 0 Å². The largest absolute Gasteiger partial charge is 0.360 e. The summed E-state index contributed by atoms with van der Waals surface area (Å²) >= 11 is 0. The van der Waals surface area contributed by atoms with Crippen molar-refractivity contribution in [1.29, 1.82) is 0 Å². The van der Waals surface area contributed by atoms with Gasteiger partial charge in [0.05, 0.1) is 0 Å². The van der Waals surface area contributed by atoms with Gasteiger partial charge in [-0.1, -0.05) is 5.16 Å². The van der Waals surface area contributed by atoms with E-state index in [1.54, 1.807) is 14.7 Å². The van der Waals surface area contributed by atoms with Gasteiger partial charge >= 0.3 is 0 Å². The molecule has 0 radical (unpaired) electrons. The van der Waals surface area contributed by atoms with Gasteiger partial charge in [0, 0.05) is 49.7 Å². The van der Waals surface area contributed by atoms with Gasteiger partial charge in [-0.25, -0.2) is 0 Å². The number of hydrogen-bond donors (Lipinski definition) is 2. The Balaban J connectivity index is 1.32.